The number of benzene rings is 1. The predicted molar refractivity (Wildman–Crippen MR) is 78.2 cm³/mol. The molecule has 0 saturated heterocycles. The Hall–Kier alpha value is -2.41. The van der Waals surface area contributed by atoms with Crippen molar-refractivity contribution in [3.05, 3.63) is 41.0 Å². The molecule has 1 aliphatic rings. The van der Waals surface area contributed by atoms with Gasteiger partial charge in [-0.3, -0.25) is 9.59 Å². The van der Waals surface area contributed by atoms with Gasteiger partial charge in [0.15, 0.2) is 0 Å². The Balaban J connectivity index is 2.06. The Kier molecular flexibility index (Phi) is 4.89. The summed E-state index contributed by atoms with van der Waals surface area (Å²) in [5.41, 5.74) is 2.67. The highest BCUT2D eigenvalue weighted by molar-refractivity contribution is 5.94. The van der Waals surface area contributed by atoms with Gasteiger partial charge in [0.25, 0.3) is 0 Å². The highest BCUT2D eigenvalue weighted by Crippen LogP contribution is 2.29. The maximum atomic E-state index is 11.6. The number of nitrogens with zero attached hydrogens (tertiary/aromatic N) is 1. The molecular formula is C17H17NO3. The van der Waals surface area contributed by atoms with Crippen LogP contribution in [0.5, 0.6) is 0 Å². The van der Waals surface area contributed by atoms with Gasteiger partial charge in [-0.25, -0.2) is 0 Å². The van der Waals surface area contributed by atoms with Crippen molar-refractivity contribution in [2.75, 3.05) is 0 Å². The molecule has 1 fully saturated rings. The van der Waals surface area contributed by atoms with Gasteiger partial charge >= 0.3 is 5.97 Å². The van der Waals surface area contributed by atoms with E-state index in [-0.39, 0.29) is 18.3 Å². The first-order valence-electron chi connectivity index (χ1n) is 6.98. The van der Waals surface area contributed by atoms with E-state index in [2.05, 4.69) is 6.07 Å². The normalized spacial score (nSPS) is 19.2. The van der Waals surface area contributed by atoms with E-state index in [4.69, 9.17) is 10.00 Å². The molecule has 1 aromatic rings. The minimum absolute atomic E-state index is 0.166. The molecule has 0 aliphatic heterocycles. The summed E-state index contributed by atoms with van der Waals surface area (Å²) in [5, 5.41) is 8.78. The second-order valence-corrected chi connectivity index (χ2v) is 5.20. The first kappa shape index (κ1) is 15.0. The molecule has 2 rings (SSSR count). The zero-order valence-electron chi connectivity index (χ0n) is 12.0. The number of nitriles is 1. The Morgan fingerprint density at radius 1 is 1.38 bits per heavy atom. The highest BCUT2D eigenvalue weighted by Gasteiger charge is 2.24. The van der Waals surface area contributed by atoms with Crippen LogP contribution >= 0.6 is 0 Å². The number of rotatable bonds is 4. The van der Waals surface area contributed by atoms with Crippen molar-refractivity contribution in [2.45, 2.75) is 38.7 Å². The second kappa shape index (κ2) is 6.85. The number of ketones is 1. The van der Waals surface area contributed by atoms with Crippen molar-refractivity contribution in [1.29, 1.82) is 5.26 Å². The van der Waals surface area contributed by atoms with Crippen LogP contribution in [0.15, 0.2) is 29.8 Å². The average Bonchev–Trinajstić information content (AvgIpc) is 2.86. The molecule has 1 unspecified atom stereocenters. The van der Waals surface area contributed by atoms with Crippen LogP contribution in [-0.2, 0) is 14.3 Å². The highest BCUT2D eigenvalue weighted by atomic mass is 16.5. The van der Waals surface area contributed by atoms with E-state index in [9.17, 15) is 9.59 Å². The van der Waals surface area contributed by atoms with Gasteiger partial charge in [0, 0.05) is 0 Å². The van der Waals surface area contributed by atoms with Gasteiger partial charge < -0.3 is 4.74 Å². The third-order valence-corrected chi connectivity index (χ3v) is 3.40. The fraction of sp³-hybridized carbons (Fsp3) is 0.353. The smallest absolute Gasteiger partial charge is 0.313 e. The van der Waals surface area contributed by atoms with E-state index < -0.39 is 5.97 Å². The van der Waals surface area contributed by atoms with E-state index in [1.54, 1.807) is 12.1 Å². The van der Waals surface area contributed by atoms with Crippen molar-refractivity contribution in [3.63, 3.8) is 0 Å². The summed E-state index contributed by atoms with van der Waals surface area (Å²) < 4.78 is 5.37. The van der Waals surface area contributed by atoms with Gasteiger partial charge in [0.1, 0.15) is 18.3 Å². The summed E-state index contributed by atoms with van der Waals surface area (Å²) in [6, 6.07) is 9.35. The van der Waals surface area contributed by atoms with E-state index in [0.29, 0.717) is 5.56 Å². The SMILES string of the molecule is CC(=O)CC(=O)OC1CCC/C1=C\c1ccc(C#N)cc1. The van der Waals surface area contributed by atoms with Crippen LogP contribution in [0.1, 0.15) is 43.7 Å². The summed E-state index contributed by atoms with van der Waals surface area (Å²) in [7, 11) is 0. The largest absolute Gasteiger partial charge is 0.457 e. The Bertz CT molecular complexity index is 608. The molecule has 0 aromatic heterocycles. The summed E-state index contributed by atoms with van der Waals surface area (Å²) in [6.45, 7) is 1.38. The van der Waals surface area contributed by atoms with Gasteiger partial charge in [-0.05, 0) is 49.5 Å². The number of hydrogen-bond donors (Lipinski definition) is 0. The van der Waals surface area contributed by atoms with Crippen molar-refractivity contribution < 1.29 is 14.3 Å². The van der Waals surface area contributed by atoms with Crippen molar-refractivity contribution in [3.8, 4) is 6.07 Å². The van der Waals surface area contributed by atoms with Gasteiger partial charge in [0.05, 0.1) is 11.6 Å². The zero-order valence-corrected chi connectivity index (χ0v) is 12.0. The molecule has 108 valence electrons. The quantitative estimate of drug-likeness (QED) is 0.629. The molecule has 0 amide bonds. The van der Waals surface area contributed by atoms with E-state index in [1.807, 2.05) is 18.2 Å². The first-order chi connectivity index (χ1) is 10.1. The fourth-order valence-corrected chi connectivity index (χ4v) is 2.41. The molecule has 21 heavy (non-hydrogen) atoms. The molecule has 4 nitrogen and oxygen atoms in total. The molecule has 0 N–H and O–H groups in total. The Labute approximate surface area is 124 Å². The summed E-state index contributed by atoms with van der Waals surface area (Å²) >= 11 is 0. The van der Waals surface area contributed by atoms with Crippen LogP contribution in [-0.4, -0.2) is 17.9 Å². The topological polar surface area (TPSA) is 67.2 Å². The number of ether oxygens (including phenoxy) is 1. The average molecular weight is 283 g/mol. The molecule has 1 saturated carbocycles. The van der Waals surface area contributed by atoms with Gasteiger partial charge in [0.2, 0.25) is 0 Å². The van der Waals surface area contributed by atoms with Crippen molar-refractivity contribution in [2.24, 2.45) is 0 Å². The fourth-order valence-electron chi connectivity index (χ4n) is 2.41. The molecular weight excluding hydrogens is 266 g/mol. The molecule has 1 atom stereocenters. The van der Waals surface area contributed by atoms with E-state index in [0.717, 1.165) is 30.4 Å². The van der Waals surface area contributed by atoms with Gasteiger partial charge in [-0.15, -0.1) is 0 Å². The minimum atomic E-state index is -0.458. The number of hydrogen-bond acceptors (Lipinski definition) is 4. The molecule has 4 heteroatoms. The second-order valence-electron chi connectivity index (χ2n) is 5.20. The summed E-state index contributed by atoms with van der Waals surface area (Å²) in [4.78, 5) is 22.5. The summed E-state index contributed by atoms with van der Waals surface area (Å²) in [6.07, 6.45) is 4.26. The van der Waals surface area contributed by atoms with Crippen LogP contribution in [0.25, 0.3) is 6.08 Å². The van der Waals surface area contributed by atoms with Crippen molar-refractivity contribution in [1.82, 2.24) is 0 Å². The van der Waals surface area contributed by atoms with Crippen LogP contribution in [0.3, 0.4) is 0 Å². The minimum Gasteiger partial charge on any atom is -0.457 e. The predicted octanol–water partition coefficient (Wildman–Crippen LogP) is 3.02. The molecule has 0 bridgehead atoms. The number of Topliss-reactive ketones (excluding diaryl/α,β-unsaturated/α-hetero) is 1. The molecule has 1 aliphatic carbocycles. The van der Waals surface area contributed by atoms with Gasteiger partial charge in [-0.1, -0.05) is 18.2 Å². The monoisotopic (exact) mass is 283 g/mol. The third-order valence-electron chi connectivity index (χ3n) is 3.40. The molecule has 1 aromatic carbocycles. The van der Waals surface area contributed by atoms with Crippen LogP contribution in [0, 0.1) is 11.3 Å². The zero-order chi connectivity index (χ0) is 15.2. The lowest BCUT2D eigenvalue weighted by atomic mass is 10.1. The summed E-state index contributed by atoms with van der Waals surface area (Å²) in [5.74, 6) is -0.643. The first-order valence-corrected chi connectivity index (χ1v) is 6.98. The lowest BCUT2D eigenvalue weighted by Gasteiger charge is -2.13. The molecule has 0 heterocycles. The third kappa shape index (κ3) is 4.28. The lowest BCUT2D eigenvalue weighted by molar-refractivity contribution is -0.148. The van der Waals surface area contributed by atoms with Crippen LogP contribution < -0.4 is 0 Å². The van der Waals surface area contributed by atoms with E-state index in [1.165, 1.54) is 6.92 Å². The Morgan fingerprint density at radius 3 is 2.71 bits per heavy atom. The van der Waals surface area contributed by atoms with Crippen LogP contribution in [0.2, 0.25) is 0 Å². The standard InChI is InChI=1S/C17H17NO3/c1-12(19)9-17(20)21-16-4-2-3-15(16)10-13-5-7-14(11-18)8-6-13/h5-8,10,16H,2-4,9H2,1H3/b15-10+. The molecule has 0 radical (unpaired) electrons. The number of carbonyl (C=O) groups is 2. The number of carbonyl (C=O) groups excluding carboxylic acids is 2. The maximum absolute atomic E-state index is 11.6. The lowest BCUT2D eigenvalue weighted by Crippen LogP contribution is -2.18. The van der Waals surface area contributed by atoms with E-state index >= 15 is 0 Å². The Morgan fingerprint density at radius 2 is 2.10 bits per heavy atom. The maximum Gasteiger partial charge on any atom is 0.313 e. The molecule has 0 spiro atoms. The number of esters is 1. The van der Waals surface area contributed by atoms with Crippen LogP contribution in [0.4, 0.5) is 0 Å². The van der Waals surface area contributed by atoms with Gasteiger partial charge in [-0.2, -0.15) is 5.26 Å². The van der Waals surface area contributed by atoms with Crippen molar-refractivity contribution >= 4 is 17.8 Å².